The second-order valence-electron chi connectivity index (χ2n) is 6.36. The van der Waals surface area contributed by atoms with Crippen LogP contribution >= 0.6 is 0 Å². The molecule has 0 radical (unpaired) electrons. The average molecular weight is 290 g/mol. The number of hydrogen-bond donors (Lipinski definition) is 2. The zero-order valence-corrected chi connectivity index (χ0v) is 13.2. The number of carbonyl (C=O) groups excluding carboxylic acids is 1. The van der Waals surface area contributed by atoms with Crippen molar-refractivity contribution in [3.8, 4) is 5.75 Å². The minimum absolute atomic E-state index is 0.0440. The van der Waals surface area contributed by atoms with Gasteiger partial charge in [0.2, 0.25) is 5.91 Å². The van der Waals surface area contributed by atoms with E-state index in [1.165, 1.54) is 0 Å². The largest absolute Gasteiger partial charge is 0.493 e. The van der Waals surface area contributed by atoms with Crippen molar-refractivity contribution in [3.05, 3.63) is 24.3 Å². The third-order valence-electron chi connectivity index (χ3n) is 3.67. The molecule has 1 aromatic rings. The van der Waals surface area contributed by atoms with Crippen molar-refractivity contribution in [2.24, 2.45) is 11.8 Å². The lowest BCUT2D eigenvalue weighted by Crippen LogP contribution is -2.45. The van der Waals surface area contributed by atoms with Crippen molar-refractivity contribution < 1.29 is 9.53 Å². The second kappa shape index (κ2) is 7.46. The fraction of sp³-hybridized carbons (Fsp3) is 0.588. The molecule has 1 amide bonds. The molecule has 1 aliphatic heterocycles. The highest BCUT2D eigenvalue weighted by Gasteiger charge is 2.24. The van der Waals surface area contributed by atoms with E-state index in [0.29, 0.717) is 18.4 Å². The van der Waals surface area contributed by atoms with Crippen LogP contribution in [-0.4, -0.2) is 25.1 Å². The van der Waals surface area contributed by atoms with Crippen LogP contribution in [0.15, 0.2) is 24.3 Å². The van der Waals surface area contributed by atoms with E-state index in [4.69, 9.17) is 4.74 Å². The van der Waals surface area contributed by atoms with Crippen molar-refractivity contribution >= 4 is 11.6 Å². The highest BCUT2D eigenvalue weighted by atomic mass is 16.5. The van der Waals surface area contributed by atoms with Gasteiger partial charge in [-0.2, -0.15) is 0 Å². The van der Waals surface area contributed by atoms with Gasteiger partial charge in [-0.3, -0.25) is 4.79 Å². The van der Waals surface area contributed by atoms with Gasteiger partial charge in [0.15, 0.2) is 0 Å². The van der Waals surface area contributed by atoms with Gasteiger partial charge in [-0.25, -0.2) is 0 Å². The van der Waals surface area contributed by atoms with Crippen LogP contribution in [0.4, 0.5) is 5.69 Å². The average Bonchev–Trinajstić information content (AvgIpc) is 2.45. The maximum Gasteiger partial charge on any atom is 0.241 e. The highest BCUT2D eigenvalue weighted by molar-refractivity contribution is 5.95. The molecule has 1 fully saturated rings. The van der Waals surface area contributed by atoms with Gasteiger partial charge in [0, 0.05) is 11.8 Å². The lowest BCUT2D eigenvalue weighted by molar-refractivity contribution is -0.119. The Hall–Kier alpha value is -1.55. The van der Waals surface area contributed by atoms with Crippen molar-refractivity contribution in [3.63, 3.8) is 0 Å². The highest BCUT2D eigenvalue weighted by Crippen LogP contribution is 2.20. The topological polar surface area (TPSA) is 50.4 Å². The van der Waals surface area contributed by atoms with Crippen molar-refractivity contribution in [2.45, 2.75) is 39.7 Å². The summed E-state index contributed by atoms with van der Waals surface area (Å²) in [6, 6.07) is 7.51. The molecule has 0 aromatic heterocycles. The Labute approximate surface area is 127 Å². The van der Waals surface area contributed by atoms with Crippen molar-refractivity contribution in [1.29, 1.82) is 0 Å². The summed E-state index contributed by atoms with van der Waals surface area (Å²) >= 11 is 0. The van der Waals surface area contributed by atoms with Crippen LogP contribution in [0.1, 0.15) is 33.6 Å². The monoisotopic (exact) mass is 290 g/mol. The SMILES string of the molecule is CC(C)COc1cccc(NC(=O)C2CC(C)CCN2)c1. The first-order valence-corrected chi connectivity index (χ1v) is 7.81. The molecular weight excluding hydrogens is 264 g/mol. The maximum atomic E-state index is 12.3. The summed E-state index contributed by atoms with van der Waals surface area (Å²) in [7, 11) is 0. The number of carbonyl (C=O) groups is 1. The standard InChI is InChI=1S/C17H26N2O2/c1-12(2)11-21-15-6-4-5-14(10-15)19-17(20)16-9-13(3)7-8-18-16/h4-6,10,12-13,16,18H,7-9,11H2,1-3H3,(H,19,20). The lowest BCUT2D eigenvalue weighted by Gasteiger charge is -2.27. The van der Waals surface area contributed by atoms with Crippen LogP contribution < -0.4 is 15.4 Å². The smallest absolute Gasteiger partial charge is 0.241 e. The molecule has 0 spiro atoms. The first-order chi connectivity index (χ1) is 10.0. The number of hydrogen-bond acceptors (Lipinski definition) is 3. The quantitative estimate of drug-likeness (QED) is 0.876. The van der Waals surface area contributed by atoms with E-state index in [1.807, 2.05) is 24.3 Å². The zero-order valence-electron chi connectivity index (χ0n) is 13.2. The summed E-state index contributed by atoms with van der Waals surface area (Å²) in [5.41, 5.74) is 0.793. The molecule has 4 nitrogen and oxygen atoms in total. The molecule has 2 rings (SSSR count). The molecule has 1 aromatic carbocycles. The molecule has 1 heterocycles. The molecule has 2 unspecified atom stereocenters. The molecule has 21 heavy (non-hydrogen) atoms. The lowest BCUT2D eigenvalue weighted by atomic mass is 9.94. The van der Waals surface area contributed by atoms with E-state index in [9.17, 15) is 4.79 Å². The molecule has 1 saturated heterocycles. The zero-order chi connectivity index (χ0) is 15.2. The van der Waals surface area contributed by atoms with Crippen LogP contribution in [0.5, 0.6) is 5.75 Å². The van der Waals surface area contributed by atoms with Crippen molar-refractivity contribution in [1.82, 2.24) is 5.32 Å². The Morgan fingerprint density at radius 3 is 3.00 bits per heavy atom. The fourth-order valence-electron chi connectivity index (χ4n) is 2.46. The number of amides is 1. The number of ether oxygens (including phenoxy) is 1. The predicted octanol–water partition coefficient (Wildman–Crippen LogP) is 3.05. The van der Waals surface area contributed by atoms with Crippen LogP contribution in [0.2, 0.25) is 0 Å². The maximum absolute atomic E-state index is 12.3. The molecule has 116 valence electrons. The number of piperidine rings is 1. The Balaban J connectivity index is 1.92. The molecule has 0 bridgehead atoms. The van der Waals surface area contributed by atoms with Gasteiger partial charge in [0.1, 0.15) is 5.75 Å². The van der Waals surface area contributed by atoms with Gasteiger partial charge in [-0.15, -0.1) is 0 Å². The summed E-state index contributed by atoms with van der Waals surface area (Å²) in [6.45, 7) is 8.01. The number of anilines is 1. The Kier molecular flexibility index (Phi) is 5.62. The predicted molar refractivity (Wildman–Crippen MR) is 85.6 cm³/mol. The van der Waals surface area contributed by atoms with Gasteiger partial charge >= 0.3 is 0 Å². The third kappa shape index (κ3) is 5.05. The molecule has 1 aliphatic rings. The van der Waals surface area contributed by atoms with Gasteiger partial charge in [0.05, 0.1) is 12.6 Å². The van der Waals surface area contributed by atoms with E-state index in [1.54, 1.807) is 0 Å². The van der Waals surface area contributed by atoms with Crippen LogP contribution in [0.3, 0.4) is 0 Å². The third-order valence-corrected chi connectivity index (χ3v) is 3.67. The first-order valence-electron chi connectivity index (χ1n) is 7.81. The van der Waals surface area contributed by atoms with Crippen LogP contribution in [0.25, 0.3) is 0 Å². The summed E-state index contributed by atoms with van der Waals surface area (Å²) in [5, 5.41) is 6.26. The number of benzene rings is 1. The first kappa shape index (κ1) is 15.8. The van der Waals surface area contributed by atoms with Gasteiger partial charge in [-0.05, 0) is 43.4 Å². The van der Waals surface area contributed by atoms with Crippen molar-refractivity contribution in [2.75, 3.05) is 18.5 Å². The van der Waals surface area contributed by atoms with E-state index in [-0.39, 0.29) is 11.9 Å². The second-order valence-corrected chi connectivity index (χ2v) is 6.36. The van der Waals surface area contributed by atoms with E-state index < -0.39 is 0 Å². The normalized spacial score (nSPS) is 22.1. The summed E-state index contributed by atoms with van der Waals surface area (Å²) in [6.07, 6.45) is 2.04. The number of rotatable bonds is 5. The van der Waals surface area contributed by atoms with E-state index in [2.05, 4.69) is 31.4 Å². The Morgan fingerprint density at radius 2 is 2.29 bits per heavy atom. The molecule has 0 saturated carbocycles. The fourth-order valence-corrected chi connectivity index (χ4v) is 2.46. The van der Waals surface area contributed by atoms with Crippen LogP contribution in [-0.2, 0) is 4.79 Å². The minimum Gasteiger partial charge on any atom is -0.493 e. The van der Waals surface area contributed by atoms with E-state index in [0.717, 1.165) is 30.8 Å². The van der Waals surface area contributed by atoms with Gasteiger partial charge < -0.3 is 15.4 Å². The van der Waals surface area contributed by atoms with Crippen LogP contribution in [0, 0.1) is 11.8 Å². The summed E-state index contributed by atoms with van der Waals surface area (Å²) < 4.78 is 5.69. The number of nitrogens with one attached hydrogen (secondary N) is 2. The Bertz CT molecular complexity index is 474. The van der Waals surface area contributed by atoms with Gasteiger partial charge in [-0.1, -0.05) is 26.8 Å². The summed E-state index contributed by atoms with van der Waals surface area (Å²) in [5.74, 6) is 1.92. The minimum atomic E-state index is -0.0889. The molecule has 2 atom stereocenters. The molecule has 0 aliphatic carbocycles. The molecular formula is C17H26N2O2. The molecule has 4 heteroatoms. The Morgan fingerprint density at radius 1 is 1.48 bits per heavy atom. The molecule has 2 N–H and O–H groups in total. The summed E-state index contributed by atoms with van der Waals surface area (Å²) in [4.78, 5) is 12.3. The van der Waals surface area contributed by atoms with E-state index >= 15 is 0 Å². The van der Waals surface area contributed by atoms with Gasteiger partial charge in [0.25, 0.3) is 0 Å².